The molecule has 10 heavy (non-hydrogen) atoms. The molecule has 0 amide bonds. The lowest BCUT2D eigenvalue weighted by Gasteiger charge is -2.21. The fraction of sp³-hybridized carbons (Fsp3) is 1.00. The molecule has 0 radical (unpaired) electrons. The highest BCUT2D eigenvalue weighted by molar-refractivity contribution is 4.74. The van der Waals surface area contributed by atoms with E-state index in [1.54, 1.807) is 14.0 Å². The summed E-state index contributed by atoms with van der Waals surface area (Å²) in [6, 6.07) is 0. The summed E-state index contributed by atoms with van der Waals surface area (Å²) < 4.78 is 10.3. The zero-order chi connectivity index (χ0) is 7.83. The molecule has 58 valence electrons. The third kappa shape index (κ3) is 1.33. The minimum atomic E-state index is -0.872. The summed E-state index contributed by atoms with van der Waals surface area (Å²) in [5.41, 5.74) is -0.537. The van der Waals surface area contributed by atoms with Gasteiger partial charge in [-0.3, -0.25) is 0 Å². The zero-order valence-corrected chi connectivity index (χ0v) is 6.71. The van der Waals surface area contributed by atoms with Crippen LogP contribution in [0.4, 0.5) is 0 Å². The summed E-state index contributed by atoms with van der Waals surface area (Å²) in [4.78, 5) is 0. The number of rotatable bonds is 1. The minimum absolute atomic E-state index is 0.537. The second-order valence-electron chi connectivity index (χ2n) is 2.85. The predicted molar refractivity (Wildman–Crippen MR) is 35.4 cm³/mol. The van der Waals surface area contributed by atoms with E-state index in [1.807, 2.05) is 13.8 Å². The van der Waals surface area contributed by atoms with E-state index >= 15 is 0 Å². The normalized spacial score (nSPS) is 36.8. The van der Waals surface area contributed by atoms with Crippen LogP contribution in [-0.4, -0.2) is 18.7 Å². The van der Waals surface area contributed by atoms with Crippen LogP contribution in [0.5, 0.6) is 0 Å². The summed E-state index contributed by atoms with van der Waals surface area (Å²) in [7, 11) is 1.54. The molecular formula is C6H12N2O2. The van der Waals surface area contributed by atoms with Crippen LogP contribution in [0.2, 0.25) is 0 Å². The van der Waals surface area contributed by atoms with E-state index < -0.39 is 11.6 Å². The first kappa shape index (κ1) is 7.63. The van der Waals surface area contributed by atoms with Gasteiger partial charge < -0.3 is 9.47 Å². The Labute approximate surface area is 60.2 Å². The van der Waals surface area contributed by atoms with Crippen molar-refractivity contribution >= 4 is 0 Å². The van der Waals surface area contributed by atoms with E-state index in [-0.39, 0.29) is 0 Å². The van der Waals surface area contributed by atoms with Gasteiger partial charge in [-0.25, -0.2) is 0 Å². The lowest BCUT2D eigenvalue weighted by molar-refractivity contribution is -0.226. The molecule has 4 nitrogen and oxygen atoms in total. The smallest absolute Gasteiger partial charge is 0.286 e. The highest BCUT2D eigenvalue weighted by Gasteiger charge is 2.39. The Morgan fingerprint density at radius 1 is 1.20 bits per heavy atom. The van der Waals surface area contributed by atoms with Crippen LogP contribution < -0.4 is 0 Å². The Morgan fingerprint density at radius 2 is 1.80 bits per heavy atom. The minimum Gasteiger partial charge on any atom is -0.334 e. The standard InChI is InChI=1S/C6H12N2O2/c1-5(2)7-8-6(3,9-4)10-5/h1-4H3. The van der Waals surface area contributed by atoms with Crippen molar-refractivity contribution in [3.05, 3.63) is 0 Å². The van der Waals surface area contributed by atoms with Gasteiger partial charge in [0.05, 0.1) is 0 Å². The van der Waals surface area contributed by atoms with E-state index in [4.69, 9.17) is 9.47 Å². The van der Waals surface area contributed by atoms with Crippen molar-refractivity contribution in [1.82, 2.24) is 0 Å². The average molecular weight is 144 g/mol. The molecule has 0 saturated heterocycles. The highest BCUT2D eigenvalue weighted by Crippen LogP contribution is 2.30. The maximum Gasteiger partial charge on any atom is 0.286 e. The molecule has 0 fully saturated rings. The second-order valence-corrected chi connectivity index (χ2v) is 2.85. The SMILES string of the molecule is COC1(C)N=NC(C)(C)O1. The maximum absolute atomic E-state index is 5.33. The molecule has 0 N–H and O–H groups in total. The van der Waals surface area contributed by atoms with Gasteiger partial charge in [0.1, 0.15) is 0 Å². The van der Waals surface area contributed by atoms with Gasteiger partial charge in [0, 0.05) is 14.0 Å². The largest absolute Gasteiger partial charge is 0.334 e. The lowest BCUT2D eigenvalue weighted by Crippen LogP contribution is -2.31. The summed E-state index contributed by atoms with van der Waals surface area (Å²) in [5.74, 6) is -0.872. The first-order valence-corrected chi connectivity index (χ1v) is 3.17. The molecule has 0 spiro atoms. The molecule has 0 bridgehead atoms. The topological polar surface area (TPSA) is 43.2 Å². The molecular weight excluding hydrogens is 132 g/mol. The van der Waals surface area contributed by atoms with Crippen molar-refractivity contribution in [2.75, 3.05) is 7.11 Å². The Bertz CT molecular complexity index is 167. The van der Waals surface area contributed by atoms with E-state index in [0.29, 0.717) is 0 Å². The quantitative estimate of drug-likeness (QED) is 0.560. The summed E-state index contributed by atoms with van der Waals surface area (Å²) >= 11 is 0. The molecule has 1 aliphatic heterocycles. The number of azo groups is 1. The number of nitrogens with zero attached hydrogens (tertiary/aromatic N) is 2. The Kier molecular flexibility index (Phi) is 1.53. The van der Waals surface area contributed by atoms with Crippen LogP contribution in [0.25, 0.3) is 0 Å². The van der Waals surface area contributed by atoms with Crippen molar-refractivity contribution in [2.45, 2.75) is 32.4 Å². The molecule has 1 aliphatic rings. The maximum atomic E-state index is 5.33. The van der Waals surface area contributed by atoms with Crippen LogP contribution in [0.3, 0.4) is 0 Å². The van der Waals surface area contributed by atoms with Crippen molar-refractivity contribution < 1.29 is 9.47 Å². The molecule has 0 aliphatic carbocycles. The number of methoxy groups -OCH3 is 1. The second kappa shape index (κ2) is 2.00. The monoisotopic (exact) mass is 144 g/mol. The molecule has 1 atom stereocenters. The van der Waals surface area contributed by atoms with Crippen molar-refractivity contribution in [3.63, 3.8) is 0 Å². The van der Waals surface area contributed by atoms with Gasteiger partial charge in [-0.1, -0.05) is 0 Å². The van der Waals surface area contributed by atoms with E-state index in [2.05, 4.69) is 10.2 Å². The van der Waals surface area contributed by atoms with Gasteiger partial charge >= 0.3 is 0 Å². The third-order valence-electron chi connectivity index (χ3n) is 1.29. The molecule has 1 heterocycles. The summed E-state index contributed by atoms with van der Waals surface area (Å²) in [5, 5.41) is 7.69. The van der Waals surface area contributed by atoms with Crippen LogP contribution >= 0.6 is 0 Å². The molecule has 0 saturated carbocycles. The van der Waals surface area contributed by atoms with Gasteiger partial charge in [-0.05, 0) is 13.8 Å². The van der Waals surface area contributed by atoms with Gasteiger partial charge in [-0.15, -0.1) is 5.11 Å². The Balaban J connectivity index is 2.69. The highest BCUT2D eigenvalue weighted by atomic mass is 16.7. The average Bonchev–Trinajstić information content (AvgIpc) is 2.08. The third-order valence-corrected chi connectivity index (χ3v) is 1.29. The number of ether oxygens (including phenoxy) is 2. The number of hydrogen-bond donors (Lipinski definition) is 0. The van der Waals surface area contributed by atoms with Crippen LogP contribution in [0, 0.1) is 0 Å². The van der Waals surface area contributed by atoms with E-state index in [1.165, 1.54) is 0 Å². The van der Waals surface area contributed by atoms with Gasteiger partial charge in [0.25, 0.3) is 5.91 Å². The van der Waals surface area contributed by atoms with Crippen molar-refractivity contribution in [2.24, 2.45) is 10.2 Å². The fourth-order valence-corrected chi connectivity index (χ4v) is 0.798. The first-order valence-electron chi connectivity index (χ1n) is 3.17. The predicted octanol–water partition coefficient (Wildman–Crippen LogP) is 1.52. The van der Waals surface area contributed by atoms with Crippen molar-refractivity contribution in [1.29, 1.82) is 0 Å². The van der Waals surface area contributed by atoms with Crippen molar-refractivity contribution in [3.8, 4) is 0 Å². The van der Waals surface area contributed by atoms with Crippen LogP contribution in [-0.2, 0) is 9.47 Å². The molecule has 0 aromatic carbocycles. The molecule has 1 unspecified atom stereocenters. The summed E-state index contributed by atoms with van der Waals surface area (Å²) in [6.45, 7) is 5.40. The Morgan fingerprint density at radius 3 is 2.00 bits per heavy atom. The first-order chi connectivity index (χ1) is 4.47. The van der Waals surface area contributed by atoms with Gasteiger partial charge in [0.15, 0.2) is 5.72 Å². The molecule has 0 aromatic rings. The van der Waals surface area contributed by atoms with Gasteiger partial charge in [-0.2, -0.15) is 5.11 Å². The van der Waals surface area contributed by atoms with Crippen LogP contribution in [0.1, 0.15) is 20.8 Å². The van der Waals surface area contributed by atoms with Crippen LogP contribution in [0.15, 0.2) is 10.2 Å². The fourth-order valence-electron chi connectivity index (χ4n) is 0.798. The Hall–Kier alpha value is -0.480. The lowest BCUT2D eigenvalue weighted by atomic mass is 10.3. The number of hydrogen-bond acceptors (Lipinski definition) is 4. The zero-order valence-electron chi connectivity index (χ0n) is 6.71. The van der Waals surface area contributed by atoms with E-state index in [9.17, 15) is 0 Å². The van der Waals surface area contributed by atoms with Gasteiger partial charge in [0.2, 0.25) is 0 Å². The molecule has 1 rings (SSSR count). The molecule has 4 heteroatoms. The van der Waals surface area contributed by atoms with E-state index in [0.717, 1.165) is 0 Å². The molecule has 0 aromatic heterocycles. The summed E-state index contributed by atoms with van der Waals surface area (Å²) in [6.07, 6.45) is 0.